The van der Waals surface area contributed by atoms with Crippen molar-refractivity contribution in [2.45, 2.75) is 13.3 Å². The quantitative estimate of drug-likeness (QED) is 0.895. The van der Waals surface area contributed by atoms with Crippen LogP contribution < -0.4 is 4.72 Å². The summed E-state index contributed by atoms with van der Waals surface area (Å²) in [6.07, 6.45) is 2.54. The Morgan fingerprint density at radius 1 is 1.47 bits per heavy atom. The fraction of sp³-hybridized carbons (Fsp3) is 0.417. The molecule has 6 nitrogen and oxygen atoms in total. The molecule has 2 N–H and O–H groups in total. The summed E-state index contributed by atoms with van der Waals surface area (Å²) < 4.78 is 28.7. The Hall–Kier alpha value is -1.60. The van der Waals surface area contributed by atoms with Gasteiger partial charge in [0.05, 0.1) is 17.4 Å². The zero-order valence-corrected chi connectivity index (χ0v) is 11.4. The van der Waals surface area contributed by atoms with Crippen LogP contribution in [0.2, 0.25) is 0 Å². The van der Waals surface area contributed by atoms with Gasteiger partial charge >= 0.3 is 10.2 Å². The third-order valence-electron chi connectivity index (χ3n) is 3.45. The molecule has 1 aliphatic heterocycles. The molecule has 3 rings (SSSR count). The normalized spacial score (nSPS) is 21.0. The molecule has 19 heavy (non-hydrogen) atoms. The molecule has 1 fully saturated rings. The fourth-order valence-electron chi connectivity index (χ4n) is 2.37. The van der Waals surface area contributed by atoms with Gasteiger partial charge in [0.1, 0.15) is 0 Å². The molecule has 0 bridgehead atoms. The Bertz CT molecular complexity index is 695. The van der Waals surface area contributed by atoms with Crippen LogP contribution in [0.15, 0.2) is 24.4 Å². The number of fused-ring (bicyclic) bond motifs is 1. The Labute approximate surface area is 112 Å². The number of aromatic nitrogens is 2. The molecule has 1 aromatic carbocycles. The molecule has 0 saturated carbocycles. The van der Waals surface area contributed by atoms with E-state index in [0.717, 1.165) is 17.3 Å². The summed E-state index contributed by atoms with van der Waals surface area (Å²) in [5, 5.41) is 7.53. The van der Waals surface area contributed by atoms with Crippen LogP contribution in [0.5, 0.6) is 0 Å². The van der Waals surface area contributed by atoms with Crippen molar-refractivity contribution < 1.29 is 8.42 Å². The molecular formula is C12H16N4O2S. The summed E-state index contributed by atoms with van der Waals surface area (Å²) in [4.78, 5) is 0. The van der Waals surface area contributed by atoms with Gasteiger partial charge in [-0.1, -0.05) is 13.0 Å². The molecule has 1 saturated heterocycles. The number of H-pyrrole nitrogens is 1. The molecule has 2 aromatic rings. The Morgan fingerprint density at radius 2 is 2.32 bits per heavy atom. The molecule has 0 aliphatic carbocycles. The van der Waals surface area contributed by atoms with Crippen LogP contribution in [-0.2, 0) is 10.2 Å². The van der Waals surface area contributed by atoms with Crippen molar-refractivity contribution in [2.24, 2.45) is 5.92 Å². The largest absolute Gasteiger partial charge is 0.301 e. The maximum atomic E-state index is 12.3. The van der Waals surface area contributed by atoms with E-state index in [1.807, 2.05) is 6.07 Å². The van der Waals surface area contributed by atoms with Crippen molar-refractivity contribution in [2.75, 3.05) is 17.8 Å². The van der Waals surface area contributed by atoms with Gasteiger partial charge in [0, 0.05) is 18.5 Å². The average Bonchev–Trinajstić information content (AvgIpc) is 2.97. The predicted octanol–water partition coefficient (Wildman–Crippen LogP) is 1.56. The highest BCUT2D eigenvalue weighted by atomic mass is 32.2. The van der Waals surface area contributed by atoms with E-state index in [2.05, 4.69) is 21.8 Å². The van der Waals surface area contributed by atoms with E-state index in [0.29, 0.717) is 24.7 Å². The van der Waals surface area contributed by atoms with Gasteiger partial charge in [0.2, 0.25) is 0 Å². The van der Waals surface area contributed by atoms with Gasteiger partial charge in [0.25, 0.3) is 0 Å². The minimum Gasteiger partial charge on any atom is -0.278 e. The lowest BCUT2D eigenvalue weighted by molar-refractivity contribution is 0.469. The van der Waals surface area contributed by atoms with Crippen molar-refractivity contribution in [3.05, 3.63) is 24.4 Å². The van der Waals surface area contributed by atoms with E-state index in [9.17, 15) is 8.42 Å². The predicted molar refractivity (Wildman–Crippen MR) is 74.0 cm³/mol. The Balaban J connectivity index is 1.90. The lowest BCUT2D eigenvalue weighted by atomic mass is 10.2. The van der Waals surface area contributed by atoms with Gasteiger partial charge in [-0.25, -0.2) is 0 Å². The molecule has 1 aromatic heterocycles. The van der Waals surface area contributed by atoms with Crippen LogP contribution in [0, 0.1) is 5.92 Å². The van der Waals surface area contributed by atoms with Crippen molar-refractivity contribution in [1.82, 2.24) is 14.5 Å². The van der Waals surface area contributed by atoms with E-state index in [4.69, 9.17) is 0 Å². The minimum absolute atomic E-state index is 0.418. The van der Waals surface area contributed by atoms with Gasteiger partial charge in [-0.2, -0.15) is 17.8 Å². The molecule has 0 amide bonds. The molecule has 2 heterocycles. The number of hydrogen-bond donors (Lipinski definition) is 2. The van der Waals surface area contributed by atoms with Gasteiger partial charge in [-0.05, 0) is 24.5 Å². The summed E-state index contributed by atoms with van der Waals surface area (Å²) in [7, 11) is -3.47. The standard InChI is InChI=1S/C12H16N4O2S/c1-9-5-6-16(8-9)19(17,18)15-12-4-2-3-11-10(12)7-13-14-11/h2-4,7,9,15H,5-6,8H2,1H3,(H,13,14). The number of aromatic amines is 1. The number of anilines is 1. The summed E-state index contributed by atoms with van der Waals surface area (Å²) in [5.41, 5.74) is 1.38. The highest BCUT2D eigenvalue weighted by Gasteiger charge is 2.29. The molecular weight excluding hydrogens is 264 g/mol. The molecule has 1 aliphatic rings. The third kappa shape index (κ3) is 2.31. The molecule has 0 radical (unpaired) electrons. The first-order valence-corrected chi connectivity index (χ1v) is 7.70. The topological polar surface area (TPSA) is 78.1 Å². The fourth-order valence-corrected chi connectivity index (χ4v) is 3.76. The lowest BCUT2D eigenvalue weighted by Crippen LogP contribution is -2.33. The molecule has 1 atom stereocenters. The smallest absolute Gasteiger partial charge is 0.278 e. The monoisotopic (exact) mass is 280 g/mol. The molecule has 102 valence electrons. The van der Waals surface area contributed by atoms with Gasteiger partial charge in [-0.3, -0.25) is 9.82 Å². The number of hydrogen-bond acceptors (Lipinski definition) is 3. The maximum absolute atomic E-state index is 12.3. The first kappa shape index (κ1) is 12.4. The van der Waals surface area contributed by atoms with E-state index >= 15 is 0 Å². The van der Waals surface area contributed by atoms with Gasteiger partial charge in [0.15, 0.2) is 0 Å². The zero-order valence-electron chi connectivity index (χ0n) is 10.6. The highest BCUT2D eigenvalue weighted by molar-refractivity contribution is 7.90. The van der Waals surface area contributed by atoms with E-state index < -0.39 is 10.2 Å². The number of rotatable bonds is 3. The minimum atomic E-state index is -3.47. The number of nitrogens with zero attached hydrogens (tertiary/aromatic N) is 2. The van der Waals surface area contributed by atoms with Crippen LogP contribution >= 0.6 is 0 Å². The second-order valence-electron chi connectivity index (χ2n) is 5.00. The van der Waals surface area contributed by atoms with Crippen LogP contribution in [0.1, 0.15) is 13.3 Å². The number of nitrogens with one attached hydrogen (secondary N) is 2. The maximum Gasteiger partial charge on any atom is 0.301 e. The SMILES string of the molecule is CC1CCN(S(=O)(=O)Nc2cccc3[nH]ncc23)C1. The molecule has 0 spiro atoms. The van der Waals surface area contributed by atoms with Crippen LogP contribution in [0.25, 0.3) is 10.9 Å². The van der Waals surface area contributed by atoms with Crippen LogP contribution in [0.4, 0.5) is 5.69 Å². The second kappa shape index (κ2) is 4.50. The lowest BCUT2D eigenvalue weighted by Gasteiger charge is -2.17. The first-order chi connectivity index (χ1) is 9.06. The number of benzene rings is 1. The highest BCUT2D eigenvalue weighted by Crippen LogP contribution is 2.25. The van der Waals surface area contributed by atoms with Gasteiger partial charge < -0.3 is 0 Å². The summed E-state index contributed by atoms with van der Waals surface area (Å²) in [5.74, 6) is 0.418. The summed E-state index contributed by atoms with van der Waals surface area (Å²) in [6.45, 7) is 3.22. The summed E-state index contributed by atoms with van der Waals surface area (Å²) >= 11 is 0. The Kier molecular flexibility index (Phi) is 2.94. The summed E-state index contributed by atoms with van der Waals surface area (Å²) in [6, 6.07) is 5.40. The van der Waals surface area contributed by atoms with Crippen molar-refractivity contribution in [3.63, 3.8) is 0 Å². The van der Waals surface area contributed by atoms with Crippen LogP contribution in [0.3, 0.4) is 0 Å². The van der Waals surface area contributed by atoms with Crippen molar-refractivity contribution in [1.29, 1.82) is 0 Å². The van der Waals surface area contributed by atoms with Crippen molar-refractivity contribution in [3.8, 4) is 0 Å². The van der Waals surface area contributed by atoms with E-state index in [-0.39, 0.29) is 0 Å². The Morgan fingerprint density at radius 3 is 3.05 bits per heavy atom. The van der Waals surface area contributed by atoms with E-state index in [1.165, 1.54) is 4.31 Å². The zero-order chi connectivity index (χ0) is 13.5. The van der Waals surface area contributed by atoms with E-state index in [1.54, 1.807) is 18.3 Å². The van der Waals surface area contributed by atoms with Crippen molar-refractivity contribution >= 4 is 26.8 Å². The second-order valence-corrected chi connectivity index (χ2v) is 6.67. The third-order valence-corrected chi connectivity index (χ3v) is 4.94. The molecule has 7 heteroatoms. The average molecular weight is 280 g/mol. The van der Waals surface area contributed by atoms with Gasteiger partial charge in [-0.15, -0.1) is 0 Å². The molecule has 1 unspecified atom stereocenters. The first-order valence-electron chi connectivity index (χ1n) is 6.26. The van der Waals surface area contributed by atoms with Crippen LogP contribution in [-0.4, -0.2) is 36.0 Å².